The van der Waals surface area contributed by atoms with Gasteiger partial charge in [0.25, 0.3) is 5.56 Å². The zero-order valence-electron chi connectivity index (χ0n) is 15.0. The minimum Gasteiger partial charge on any atom is -0.462 e. The van der Waals surface area contributed by atoms with Crippen molar-refractivity contribution in [2.75, 3.05) is 6.61 Å². The molecule has 1 atom stereocenters. The number of hydrogen-bond donors (Lipinski definition) is 2. The minimum atomic E-state index is -0.815. The van der Waals surface area contributed by atoms with Crippen molar-refractivity contribution < 1.29 is 14.3 Å². The van der Waals surface area contributed by atoms with Crippen LogP contribution in [0.3, 0.4) is 0 Å². The number of para-hydroxylation sites is 1. The molecule has 3 N–H and O–H groups in total. The molecule has 0 radical (unpaired) electrons. The molecule has 1 aromatic heterocycles. The Hall–Kier alpha value is -3.25. The second kappa shape index (κ2) is 7.05. The highest BCUT2D eigenvalue weighted by atomic mass is 35.5. The van der Waals surface area contributed by atoms with Crippen LogP contribution in [0.4, 0.5) is 0 Å². The molecule has 6 nitrogen and oxygen atoms in total. The van der Waals surface area contributed by atoms with E-state index in [0.717, 1.165) is 0 Å². The molecule has 0 saturated carbocycles. The second-order valence-electron chi connectivity index (χ2n) is 6.30. The Morgan fingerprint density at radius 1 is 1.21 bits per heavy atom. The predicted molar refractivity (Wildman–Crippen MR) is 106 cm³/mol. The summed E-state index contributed by atoms with van der Waals surface area (Å²) in [6.45, 7) is 1.85. The standard InChI is InChI=1S/C21H17ClN2O4/c1-2-27-21(26)17-15(11-7-3-5-9-13(11)22)16-18(28-19(17)23)12-8-4-6-10-14(12)24-20(16)25/h3-10,15H,2,23H2,1H3,(H,24,25)/t15-/m1/s1. The SMILES string of the molecule is CCOC(=O)C1=C(N)Oc2c(c(=O)[nH]c3ccccc23)[C@H]1c1ccccc1Cl. The lowest BCUT2D eigenvalue weighted by atomic mass is 9.83. The molecule has 0 spiro atoms. The van der Waals surface area contributed by atoms with Crippen LogP contribution < -0.4 is 16.0 Å². The maximum atomic E-state index is 13.0. The summed E-state index contributed by atoms with van der Waals surface area (Å²) in [6.07, 6.45) is 0. The number of aromatic amines is 1. The molecule has 1 aliphatic heterocycles. The Morgan fingerprint density at radius 3 is 2.68 bits per heavy atom. The summed E-state index contributed by atoms with van der Waals surface area (Å²) >= 11 is 6.42. The normalized spacial score (nSPS) is 15.9. The summed E-state index contributed by atoms with van der Waals surface area (Å²) in [6, 6.07) is 14.2. The van der Waals surface area contributed by atoms with Gasteiger partial charge in [-0.15, -0.1) is 0 Å². The maximum absolute atomic E-state index is 13.0. The maximum Gasteiger partial charge on any atom is 0.340 e. The molecule has 142 valence electrons. The number of esters is 1. The van der Waals surface area contributed by atoms with Crippen LogP contribution in [0, 0.1) is 0 Å². The van der Waals surface area contributed by atoms with Gasteiger partial charge in [0.05, 0.1) is 23.6 Å². The van der Waals surface area contributed by atoms with E-state index in [4.69, 9.17) is 26.8 Å². The first kappa shape index (κ1) is 18.1. The van der Waals surface area contributed by atoms with E-state index in [2.05, 4.69) is 4.98 Å². The minimum absolute atomic E-state index is 0.0585. The predicted octanol–water partition coefficient (Wildman–Crippen LogP) is 3.44. The van der Waals surface area contributed by atoms with E-state index in [1.54, 1.807) is 37.3 Å². The third-order valence-corrected chi connectivity index (χ3v) is 5.02. The number of halogens is 1. The van der Waals surface area contributed by atoms with Gasteiger partial charge in [0.2, 0.25) is 5.88 Å². The molecule has 3 aromatic rings. The number of benzene rings is 2. The number of hydrogen-bond acceptors (Lipinski definition) is 5. The first-order valence-electron chi connectivity index (χ1n) is 8.76. The summed E-state index contributed by atoms with van der Waals surface area (Å²) < 4.78 is 11.0. The molecule has 0 unspecified atom stereocenters. The van der Waals surface area contributed by atoms with Crippen LogP contribution >= 0.6 is 11.6 Å². The van der Waals surface area contributed by atoms with Gasteiger partial charge in [0, 0.05) is 10.4 Å². The van der Waals surface area contributed by atoms with Crippen LogP contribution in [0.1, 0.15) is 24.0 Å². The number of fused-ring (bicyclic) bond motifs is 3. The molecule has 0 bridgehead atoms. The number of carbonyl (C=O) groups is 1. The van der Waals surface area contributed by atoms with Crippen molar-refractivity contribution in [3.8, 4) is 5.75 Å². The Bertz CT molecular complexity index is 1180. The molecular weight excluding hydrogens is 380 g/mol. The molecule has 28 heavy (non-hydrogen) atoms. The second-order valence-corrected chi connectivity index (χ2v) is 6.70. The van der Waals surface area contributed by atoms with Gasteiger partial charge in [-0.05, 0) is 30.7 Å². The Morgan fingerprint density at radius 2 is 1.93 bits per heavy atom. The van der Waals surface area contributed by atoms with Gasteiger partial charge >= 0.3 is 5.97 Å². The quantitative estimate of drug-likeness (QED) is 0.661. The highest BCUT2D eigenvalue weighted by Gasteiger charge is 2.39. The molecule has 0 aliphatic carbocycles. The van der Waals surface area contributed by atoms with Crippen molar-refractivity contribution in [3.63, 3.8) is 0 Å². The van der Waals surface area contributed by atoms with Gasteiger partial charge in [0.1, 0.15) is 11.3 Å². The number of carbonyl (C=O) groups excluding carboxylic acids is 1. The van der Waals surface area contributed by atoms with Crippen molar-refractivity contribution in [2.24, 2.45) is 5.73 Å². The number of nitrogens with two attached hydrogens (primary N) is 1. The summed E-state index contributed by atoms with van der Waals surface area (Å²) in [5.41, 5.74) is 7.27. The fourth-order valence-electron chi connectivity index (χ4n) is 3.50. The number of nitrogens with one attached hydrogen (secondary N) is 1. The van der Waals surface area contributed by atoms with E-state index in [0.29, 0.717) is 27.2 Å². The Kier molecular flexibility index (Phi) is 4.57. The topological polar surface area (TPSA) is 94.4 Å². The van der Waals surface area contributed by atoms with E-state index in [-0.39, 0.29) is 29.2 Å². The van der Waals surface area contributed by atoms with Crippen molar-refractivity contribution in [2.45, 2.75) is 12.8 Å². The summed E-state index contributed by atoms with van der Waals surface area (Å²) in [5, 5.41) is 1.09. The van der Waals surface area contributed by atoms with Crippen molar-refractivity contribution in [1.82, 2.24) is 4.98 Å². The molecule has 0 fully saturated rings. The van der Waals surface area contributed by atoms with Crippen LogP contribution in [0.2, 0.25) is 5.02 Å². The van der Waals surface area contributed by atoms with E-state index >= 15 is 0 Å². The highest BCUT2D eigenvalue weighted by molar-refractivity contribution is 6.31. The summed E-state index contributed by atoms with van der Waals surface area (Å²) in [5.74, 6) is -1.26. The lowest BCUT2D eigenvalue weighted by molar-refractivity contribution is -0.139. The van der Waals surface area contributed by atoms with E-state index < -0.39 is 11.9 Å². The Balaban J connectivity index is 2.07. The zero-order valence-corrected chi connectivity index (χ0v) is 15.7. The fourth-order valence-corrected chi connectivity index (χ4v) is 3.74. The van der Waals surface area contributed by atoms with E-state index in [1.807, 2.05) is 18.2 Å². The molecule has 0 amide bonds. The molecule has 1 aliphatic rings. The number of rotatable bonds is 3. The zero-order chi connectivity index (χ0) is 19.8. The lowest BCUT2D eigenvalue weighted by Crippen LogP contribution is -2.32. The number of H-pyrrole nitrogens is 1. The molecule has 7 heteroatoms. The Labute approximate surface area is 165 Å². The summed E-state index contributed by atoms with van der Waals surface area (Å²) in [4.78, 5) is 28.6. The third-order valence-electron chi connectivity index (χ3n) is 4.68. The molecule has 2 aromatic carbocycles. The first-order valence-corrected chi connectivity index (χ1v) is 9.14. The smallest absolute Gasteiger partial charge is 0.340 e. The lowest BCUT2D eigenvalue weighted by Gasteiger charge is -2.29. The number of pyridine rings is 1. The van der Waals surface area contributed by atoms with Gasteiger partial charge in [-0.1, -0.05) is 41.9 Å². The van der Waals surface area contributed by atoms with Crippen molar-refractivity contribution in [1.29, 1.82) is 0 Å². The molecule has 2 heterocycles. The van der Waals surface area contributed by atoms with Gasteiger partial charge in [-0.25, -0.2) is 4.79 Å². The molecular formula is C21H17ClN2O4. The van der Waals surface area contributed by atoms with Crippen LogP contribution in [-0.2, 0) is 9.53 Å². The van der Waals surface area contributed by atoms with Gasteiger partial charge in [-0.3, -0.25) is 4.79 Å². The monoisotopic (exact) mass is 396 g/mol. The third kappa shape index (κ3) is 2.82. The number of ether oxygens (including phenoxy) is 2. The largest absolute Gasteiger partial charge is 0.462 e. The highest BCUT2D eigenvalue weighted by Crippen LogP contribution is 2.45. The van der Waals surface area contributed by atoms with Crippen LogP contribution in [-0.4, -0.2) is 17.6 Å². The average molecular weight is 397 g/mol. The van der Waals surface area contributed by atoms with Gasteiger partial charge in [0.15, 0.2) is 0 Å². The van der Waals surface area contributed by atoms with Crippen molar-refractivity contribution >= 4 is 28.5 Å². The fraction of sp³-hybridized carbons (Fsp3) is 0.143. The first-order chi connectivity index (χ1) is 13.5. The van der Waals surface area contributed by atoms with Gasteiger partial charge < -0.3 is 20.2 Å². The van der Waals surface area contributed by atoms with E-state index in [1.165, 1.54) is 0 Å². The van der Waals surface area contributed by atoms with E-state index in [9.17, 15) is 9.59 Å². The number of aromatic nitrogens is 1. The van der Waals surface area contributed by atoms with Crippen LogP contribution in [0.15, 0.2) is 64.8 Å². The average Bonchev–Trinajstić information content (AvgIpc) is 2.67. The molecule has 4 rings (SSSR count). The van der Waals surface area contributed by atoms with Crippen LogP contribution in [0.25, 0.3) is 10.9 Å². The van der Waals surface area contributed by atoms with Crippen molar-refractivity contribution in [3.05, 3.63) is 86.5 Å². The summed E-state index contributed by atoms with van der Waals surface area (Å²) in [7, 11) is 0. The molecule has 0 saturated heterocycles. The van der Waals surface area contributed by atoms with Gasteiger partial charge in [-0.2, -0.15) is 0 Å². The van der Waals surface area contributed by atoms with Crippen LogP contribution in [0.5, 0.6) is 5.75 Å².